The lowest BCUT2D eigenvalue weighted by molar-refractivity contribution is -0.122. The standard InChI is InChI=1S/C10H19ClN2O2/c1-3-4-5-9(14)12-6-7-13-10(15)8(2)11/h8H,3-7H2,1-2H3,(H,12,14)(H,13,15). The van der Waals surface area contributed by atoms with Crippen molar-refractivity contribution in [1.29, 1.82) is 0 Å². The molecule has 1 unspecified atom stereocenters. The Hall–Kier alpha value is -0.770. The number of halogens is 1. The molecule has 4 nitrogen and oxygen atoms in total. The fourth-order valence-corrected chi connectivity index (χ4v) is 1.03. The van der Waals surface area contributed by atoms with Gasteiger partial charge in [0, 0.05) is 19.5 Å². The summed E-state index contributed by atoms with van der Waals surface area (Å²) in [4.78, 5) is 22.1. The van der Waals surface area contributed by atoms with Crippen LogP contribution in [0.5, 0.6) is 0 Å². The van der Waals surface area contributed by atoms with Crippen molar-refractivity contribution in [2.45, 2.75) is 38.5 Å². The van der Waals surface area contributed by atoms with Crippen LogP contribution in [0, 0.1) is 0 Å². The molecule has 0 aliphatic heterocycles. The maximum Gasteiger partial charge on any atom is 0.237 e. The van der Waals surface area contributed by atoms with Gasteiger partial charge >= 0.3 is 0 Å². The molecular weight excluding hydrogens is 216 g/mol. The highest BCUT2D eigenvalue weighted by molar-refractivity contribution is 6.30. The molecule has 1 atom stereocenters. The number of carbonyl (C=O) groups is 2. The lowest BCUT2D eigenvalue weighted by Crippen LogP contribution is -2.37. The van der Waals surface area contributed by atoms with Crippen LogP contribution in [0.3, 0.4) is 0 Å². The first-order valence-electron chi connectivity index (χ1n) is 5.26. The molecule has 0 fully saturated rings. The van der Waals surface area contributed by atoms with E-state index in [2.05, 4.69) is 10.6 Å². The Bertz CT molecular complexity index is 208. The lowest BCUT2D eigenvalue weighted by atomic mass is 10.2. The number of carbonyl (C=O) groups excluding carboxylic acids is 2. The van der Waals surface area contributed by atoms with Crippen LogP contribution in [0.1, 0.15) is 33.1 Å². The van der Waals surface area contributed by atoms with Gasteiger partial charge in [-0.2, -0.15) is 0 Å². The number of alkyl halides is 1. The van der Waals surface area contributed by atoms with Gasteiger partial charge in [0.2, 0.25) is 11.8 Å². The second kappa shape index (κ2) is 8.53. The number of amides is 2. The summed E-state index contributed by atoms with van der Waals surface area (Å²) in [7, 11) is 0. The van der Waals surface area contributed by atoms with Crippen LogP contribution in [-0.2, 0) is 9.59 Å². The molecule has 2 amide bonds. The minimum atomic E-state index is -0.527. The first-order chi connectivity index (χ1) is 7.07. The summed E-state index contributed by atoms with van der Waals surface area (Å²) in [6.07, 6.45) is 2.46. The molecule has 88 valence electrons. The Kier molecular flexibility index (Phi) is 8.09. The van der Waals surface area contributed by atoms with Crippen molar-refractivity contribution in [1.82, 2.24) is 10.6 Å². The summed E-state index contributed by atoms with van der Waals surface area (Å²) < 4.78 is 0. The number of unbranched alkanes of at least 4 members (excludes halogenated alkanes) is 1. The number of hydrogen-bond acceptors (Lipinski definition) is 2. The Morgan fingerprint density at radius 3 is 2.40 bits per heavy atom. The summed E-state index contributed by atoms with van der Waals surface area (Å²) in [5.74, 6) is -0.176. The van der Waals surface area contributed by atoms with Crippen molar-refractivity contribution in [3.8, 4) is 0 Å². The van der Waals surface area contributed by atoms with Gasteiger partial charge in [-0.15, -0.1) is 11.6 Å². The quantitative estimate of drug-likeness (QED) is 0.511. The molecular formula is C10H19ClN2O2. The number of rotatable bonds is 7. The summed E-state index contributed by atoms with van der Waals surface area (Å²) in [5, 5.41) is 4.80. The van der Waals surface area contributed by atoms with E-state index in [1.54, 1.807) is 6.92 Å². The van der Waals surface area contributed by atoms with Crippen molar-refractivity contribution < 1.29 is 9.59 Å². The van der Waals surface area contributed by atoms with E-state index in [-0.39, 0.29) is 11.8 Å². The van der Waals surface area contributed by atoms with E-state index in [1.165, 1.54) is 0 Å². The third-order valence-corrected chi connectivity index (χ3v) is 2.06. The predicted octanol–water partition coefficient (Wildman–Crippen LogP) is 1.04. The highest BCUT2D eigenvalue weighted by Crippen LogP contribution is 1.93. The van der Waals surface area contributed by atoms with Crippen LogP contribution in [0.15, 0.2) is 0 Å². The third kappa shape index (κ3) is 8.24. The van der Waals surface area contributed by atoms with Gasteiger partial charge in [-0.25, -0.2) is 0 Å². The Balaban J connectivity index is 3.38. The SMILES string of the molecule is CCCCC(=O)NCCNC(=O)C(C)Cl. The number of nitrogens with one attached hydrogen (secondary N) is 2. The summed E-state index contributed by atoms with van der Waals surface area (Å²) in [6, 6.07) is 0. The van der Waals surface area contributed by atoms with E-state index in [1.807, 2.05) is 6.92 Å². The highest BCUT2D eigenvalue weighted by atomic mass is 35.5. The second-order valence-electron chi connectivity index (χ2n) is 3.36. The first-order valence-corrected chi connectivity index (χ1v) is 5.70. The van der Waals surface area contributed by atoms with Crippen LogP contribution in [-0.4, -0.2) is 30.3 Å². The van der Waals surface area contributed by atoms with Crippen molar-refractivity contribution in [2.24, 2.45) is 0 Å². The molecule has 0 bridgehead atoms. The molecule has 0 saturated carbocycles. The molecule has 0 aliphatic carbocycles. The molecule has 0 aromatic heterocycles. The summed E-state index contributed by atoms with van der Waals surface area (Å²) in [6.45, 7) is 4.53. The fourth-order valence-electron chi connectivity index (χ4n) is 0.954. The third-order valence-electron chi connectivity index (χ3n) is 1.87. The zero-order chi connectivity index (χ0) is 11.7. The van der Waals surface area contributed by atoms with Gasteiger partial charge in [-0.05, 0) is 13.3 Å². The van der Waals surface area contributed by atoms with E-state index >= 15 is 0 Å². The Morgan fingerprint density at radius 2 is 1.87 bits per heavy atom. The van der Waals surface area contributed by atoms with Gasteiger partial charge in [0.15, 0.2) is 0 Å². The Morgan fingerprint density at radius 1 is 1.27 bits per heavy atom. The molecule has 15 heavy (non-hydrogen) atoms. The van der Waals surface area contributed by atoms with Crippen LogP contribution in [0.25, 0.3) is 0 Å². The zero-order valence-electron chi connectivity index (χ0n) is 9.31. The molecule has 5 heteroatoms. The minimum Gasteiger partial charge on any atom is -0.354 e. The van der Waals surface area contributed by atoms with E-state index < -0.39 is 5.38 Å². The lowest BCUT2D eigenvalue weighted by Gasteiger charge is -2.07. The average molecular weight is 235 g/mol. The van der Waals surface area contributed by atoms with Crippen LogP contribution in [0.2, 0.25) is 0 Å². The van der Waals surface area contributed by atoms with Gasteiger partial charge in [0.05, 0.1) is 0 Å². The van der Waals surface area contributed by atoms with Crippen molar-refractivity contribution in [3.63, 3.8) is 0 Å². The van der Waals surface area contributed by atoms with E-state index in [0.717, 1.165) is 12.8 Å². The molecule has 0 heterocycles. The van der Waals surface area contributed by atoms with Gasteiger partial charge in [-0.3, -0.25) is 9.59 Å². The molecule has 2 N–H and O–H groups in total. The van der Waals surface area contributed by atoms with Crippen LogP contribution in [0.4, 0.5) is 0 Å². The highest BCUT2D eigenvalue weighted by Gasteiger charge is 2.07. The predicted molar refractivity (Wildman–Crippen MR) is 60.9 cm³/mol. The molecule has 0 radical (unpaired) electrons. The smallest absolute Gasteiger partial charge is 0.237 e. The van der Waals surface area contributed by atoms with Gasteiger partial charge < -0.3 is 10.6 Å². The summed E-state index contributed by atoms with van der Waals surface area (Å²) in [5.41, 5.74) is 0. The van der Waals surface area contributed by atoms with Crippen LogP contribution < -0.4 is 10.6 Å². The Labute approximate surface area is 95.7 Å². The number of hydrogen-bond donors (Lipinski definition) is 2. The van der Waals surface area contributed by atoms with E-state index in [0.29, 0.717) is 19.5 Å². The zero-order valence-corrected chi connectivity index (χ0v) is 10.1. The van der Waals surface area contributed by atoms with Gasteiger partial charge in [0.25, 0.3) is 0 Å². The van der Waals surface area contributed by atoms with E-state index in [4.69, 9.17) is 11.6 Å². The van der Waals surface area contributed by atoms with E-state index in [9.17, 15) is 9.59 Å². The minimum absolute atomic E-state index is 0.0324. The maximum atomic E-state index is 11.1. The molecule has 0 spiro atoms. The topological polar surface area (TPSA) is 58.2 Å². The molecule has 0 aromatic carbocycles. The van der Waals surface area contributed by atoms with Crippen LogP contribution >= 0.6 is 11.6 Å². The van der Waals surface area contributed by atoms with Crippen molar-refractivity contribution in [3.05, 3.63) is 0 Å². The molecule has 0 rings (SSSR count). The summed E-state index contributed by atoms with van der Waals surface area (Å²) >= 11 is 5.54. The van der Waals surface area contributed by atoms with Crippen molar-refractivity contribution in [2.75, 3.05) is 13.1 Å². The van der Waals surface area contributed by atoms with Gasteiger partial charge in [0.1, 0.15) is 5.38 Å². The normalized spacial score (nSPS) is 11.9. The molecule has 0 saturated heterocycles. The largest absolute Gasteiger partial charge is 0.354 e. The second-order valence-corrected chi connectivity index (χ2v) is 4.02. The van der Waals surface area contributed by atoms with Crippen molar-refractivity contribution >= 4 is 23.4 Å². The monoisotopic (exact) mass is 234 g/mol. The maximum absolute atomic E-state index is 11.1. The molecule has 0 aromatic rings. The first kappa shape index (κ1) is 14.2. The molecule has 0 aliphatic rings. The average Bonchev–Trinajstić information content (AvgIpc) is 2.20. The van der Waals surface area contributed by atoms with Gasteiger partial charge in [-0.1, -0.05) is 13.3 Å². The fraction of sp³-hybridized carbons (Fsp3) is 0.800.